The van der Waals surface area contributed by atoms with Gasteiger partial charge in [0, 0.05) is 12.6 Å². The average Bonchev–Trinajstić information content (AvgIpc) is 2.46. The van der Waals surface area contributed by atoms with Crippen LogP contribution in [0.4, 0.5) is 0 Å². The molecule has 0 bridgehead atoms. The van der Waals surface area contributed by atoms with Gasteiger partial charge < -0.3 is 5.73 Å². The molecule has 1 aromatic carbocycles. The van der Waals surface area contributed by atoms with Crippen LogP contribution in [0.1, 0.15) is 44.6 Å². The molecule has 0 radical (unpaired) electrons. The molecule has 2 N–H and O–H groups in total. The van der Waals surface area contributed by atoms with Gasteiger partial charge in [-0.05, 0) is 49.8 Å². The van der Waals surface area contributed by atoms with Crippen molar-refractivity contribution < 1.29 is 0 Å². The highest BCUT2D eigenvalue weighted by molar-refractivity contribution is 5.18. The SMILES string of the molecule is CC1CCN(C(CN)CC(C)c2ccccc2)CC1. The van der Waals surface area contributed by atoms with Gasteiger partial charge in [-0.15, -0.1) is 0 Å². The number of hydrogen-bond donors (Lipinski definition) is 1. The van der Waals surface area contributed by atoms with Gasteiger partial charge in [-0.3, -0.25) is 4.90 Å². The maximum Gasteiger partial charge on any atom is 0.0224 e. The summed E-state index contributed by atoms with van der Waals surface area (Å²) in [6.07, 6.45) is 3.83. The average molecular weight is 260 g/mol. The molecule has 19 heavy (non-hydrogen) atoms. The molecule has 2 unspecified atom stereocenters. The quantitative estimate of drug-likeness (QED) is 0.880. The van der Waals surface area contributed by atoms with Crippen LogP contribution in [0.3, 0.4) is 0 Å². The maximum atomic E-state index is 6.02. The van der Waals surface area contributed by atoms with Crippen molar-refractivity contribution in [2.24, 2.45) is 11.7 Å². The molecule has 1 saturated heterocycles. The molecule has 0 saturated carbocycles. The van der Waals surface area contributed by atoms with E-state index in [0.717, 1.165) is 12.5 Å². The Balaban J connectivity index is 1.92. The lowest BCUT2D eigenvalue weighted by molar-refractivity contribution is 0.131. The van der Waals surface area contributed by atoms with Gasteiger partial charge in [0.1, 0.15) is 0 Å². The van der Waals surface area contributed by atoms with Crippen LogP contribution in [-0.2, 0) is 0 Å². The minimum Gasteiger partial charge on any atom is -0.329 e. The maximum absolute atomic E-state index is 6.02. The van der Waals surface area contributed by atoms with Crippen LogP contribution in [0.25, 0.3) is 0 Å². The number of piperidine rings is 1. The van der Waals surface area contributed by atoms with Crippen LogP contribution < -0.4 is 5.73 Å². The lowest BCUT2D eigenvalue weighted by Gasteiger charge is -2.37. The van der Waals surface area contributed by atoms with E-state index in [2.05, 4.69) is 49.1 Å². The topological polar surface area (TPSA) is 29.3 Å². The number of hydrogen-bond acceptors (Lipinski definition) is 2. The molecule has 2 nitrogen and oxygen atoms in total. The van der Waals surface area contributed by atoms with Crippen molar-refractivity contribution in [1.29, 1.82) is 0 Å². The Morgan fingerprint density at radius 1 is 1.21 bits per heavy atom. The van der Waals surface area contributed by atoms with E-state index in [9.17, 15) is 0 Å². The Labute approximate surface area is 118 Å². The van der Waals surface area contributed by atoms with Gasteiger partial charge >= 0.3 is 0 Å². The van der Waals surface area contributed by atoms with Gasteiger partial charge in [-0.2, -0.15) is 0 Å². The first-order valence-corrected chi connectivity index (χ1v) is 7.69. The predicted octanol–water partition coefficient (Wildman–Crippen LogP) is 3.24. The van der Waals surface area contributed by atoms with E-state index < -0.39 is 0 Å². The van der Waals surface area contributed by atoms with Crippen LogP contribution in [0.5, 0.6) is 0 Å². The summed E-state index contributed by atoms with van der Waals surface area (Å²) in [5.74, 6) is 1.48. The fourth-order valence-corrected chi connectivity index (χ4v) is 3.11. The molecule has 2 rings (SSSR count). The van der Waals surface area contributed by atoms with Crippen molar-refractivity contribution in [3.05, 3.63) is 35.9 Å². The Hall–Kier alpha value is -0.860. The summed E-state index contributed by atoms with van der Waals surface area (Å²) in [6, 6.07) is 11.4. The number of benzene rings is 1. The molecule has 2 heteroatoms. The first-order chi connectivity index (χ1) is 9.20. The van der Waals surface area contributed by atoms with E-state index in [-0.39, 0.29) is 0 Å². The lowest BCUT2D eigenvalue weighted by atomic mass is 9.91. The highest BCUT2D eigenvalue weighted by atomic mass is 15.2. The van der Waals surface area contributed by atoms with Gasteiger partial charge in [0.05, 0.1) is 0 Å². The Morgan fingerprint density at radius 2 is 1.84 bits per heavy atom. The molecule has 2 atom stereocenters. The Morgan fingerprint density at radius 3 is 2.42 bits per heavy atom. The third kappa shape index (κ3) is 4.05. The smallest absolute Gasteiger partial charge is 0.0224 e. The van der Waals surface area contributed by atoms with Crippen LogP contribution >= 0.6 is 0 Å². The van der Waals surface area contributed by atoms with Crippen molar-refractivity contribution in [3.63, 3.8) is 0 Å². The molecule has 1 heterocycles. The van der Waals surface area contributed by atoms with E-state index in [1.54, 1.807) is 0 Å². The van der Waals surface area contributed by atoms with Crippen LogP contribution in [0, 0.1) is 5.92 Å². The molecule has 1 aliphatic rings. The minimum absolute atomic E-state index is 0.544. The van der Waals surface area contributed by atoms with E-state index in [4.69, 9.17) is 5.73 Å². The molecular formula is C17H28N2. The van der Waals surface area contributed by atoms with Gasteiger partial charge in [-0.25, -0.2) is 0 Å². The molecule has 0 amide bonds. The summed E-state index contributed by atoms with van der Waals surface area (Å²) < 4.78 is 0. The van der Waals surface area contributed by atoms with Crippen molar-refractivity contribution in [2.75, 3.05) is 19.6 Å². The largest absolute Gasteiger partial charge is 0.329 e. The fraction of sp³-hybridized carbons (Fsp3) is 0.647. The second-order valence-corrected chi connectivity index (χ2v) is 6.16. The third-order valence-electron chi connectivity index (χ3n) is 4.60. The molecule has 1 fully saturated rings. The molecular weight excluding hydrogens is 232 g/mol. The van der Waals surface area contributed by atoms with Crippen molar-refractivity contribution in [1.82, 2.24) is 4.90 Å². The summed E-state index contributed by atoms with van der Waals surface area (Å²) in [6.45, 7) is 7.92. The normalized spacial score (nSPS) is 21.2. The zero-order valence-corrected chi connectivity index (χ0v) is 12.4. The Bertz CT molecular complexity index is 355. The number of nitrogens with two attached hydrogens (primary N) is 1. The predicted molar refractivity (Wildman–Crippen MR) is 82.3 cm³/mol. The zero-order valence-electron chi connectivity index (χ0n) is 12.4. The molecule has 0 aliphatic carbocycles. The Kier molecular flexibility index (Phi) is 5.41. The van der Waals surface area contributed by atoms with Crippen LogP contribution in [0.2, 0.25) is 0 Å². The van der Waals surface area contributed by atoms with Gasteiger partial charge in [0.15, 0.2) is 0 Å². The van der Waals surface area contributed by atoms with Gasteiger partial charge in [0.2, 0.25) is 0 Å². The second-order valence-electron chi connectivity index (χ2n) is 6.16. The first kappa shape index (κ1) is 14.5. The number of rotatable bonds is 5. The second kappa shape index (κ2) is 7.06. The summed E-state index contributed by atoms with van der Waals surface area (Å²) in [5, 5.41) is 0. The fourth-order valence-electron chi connectivity index (χ4n) is 3.11. The van der Waals surface area contributed by atoms with E-state index in [1.165, 1.54) is 37.9 Å². The summed E-state index contributed by atoms with van der Waals surface area (Å²) in [7, 11) is 0. The summed E-state index contributed by atoms with van der Waals surface area (Å²) in [4.78, 5) is 2.61. The van der Waals surface area contributed by atoms with Gasteiger partial charge in [-0.1, -0.05) is 44.2 Å². The van der Waals surface area contributed by atoms with Crippen LogP contribution in [0.15, 0.2) is 30.3 Å². The van der Waals surface area contributed by atoms with Crippen molar-refractivity contribution >= 4 is 0 Å². The number of nitrogens with zero attached hydrogens (tertiary/aromatic N) is 1. The standard InChI is InChI=1S/C17H28N2/c1-14-8-10-19(11-9-14)17(13-18)12-15(2)16-6-4-3-5-7-16/h3-7,14-15,17H,8-13,18H2,1-2H3. The van der Waals surface area contributed by atoms with Crippen molar-refractivity contribution in [2.45, 2.75) is 45.1 Å². The highest BCUT2D eigenvalue weighted by Crippen LogP contribution is 2.25. The molecule has 0 aromatic heterocycles. The first-order valence-electron chi connectivity index (χ1n) is 7.69. The minimum atomic E-state index is 0.544. The zero-order chi connectivity index (χ0) is 13.7. The molecule has 0 spiro atoms. The van der Waals surface area contributed by atoms with Crippen molar-refractivity contribution in [3.8, 4) is 0 Å². The van der Waals surface area contributed by atoms with E-state index in [0.29, 0.717) is 12.0 Å². The highest BCUT2D eigenvalue weighted by Gasteiger charge is 2.24. The lowest BCUT2D eigenvalue weighted by Crippen LogP contribution is -2.45. The summed E-state index contributed by atoms with van der Waals surface area (Å²) in [5.41, 5.74) is 7.46. The van der Waals surface area contributed by atoms with E-state index >= 15 is 0 Å². The molecule has 106 valence electrons. The van der Waals surface area contributed by atoms with Crippen LogP contribution in [-0.4, -0.2) is 30.6 Å². The molecule has 1 aromatic rings. The van der Waals surface area contributed by atoms with Gasteiger partial charge in [0.25, 0.3) is 0 Å². The number of likely N-dealkylation sites (tertiary alicyclic amines) is 1. The van der Waals surface area contributed by atoms with E-state index in [1.807, 2.05) is 0 Å². The summed E-state index contributed by atoms with van der Waals surface area (Å²) >= 11 is 0. The molecule has 1 aliphatic heterocycles. The monoisotopic (exact) mass is 260 g/mol. The third-order valence-corrected chi connectivity index (χ3v) is 4.60.